The number of carboxylic acids is 1. The summed E-state index contributed by atoms with van der Waals surface area (Å²) in [7, 11) is 0. The normalized spacial score (nSPS) is 9.55. The van der Waals surface area contributed by atoms with Gasteiger partial charge in [-0.2, -0.15) is 0 Å². The second kappa shape index (κ2) is 5.96. The highest BCUT2D eigenvalue weighted by Gasteiger charge is 1.95. The number of unbranched alkanes of at least 4 members (excludes halogenated alkanes) is 2. The van der Waals surface area contributed by atoms with E-state index in [0.29, 0.717) is 6.42 Å². The van der Waals surface area contributed by atoms with Crippen molar-refractivity contribution in [1.82, 2.24) is 0 Å². The molecule has 0 rings (SSSR count). The van der Waals surface area contributed by atoms with Crippen LogP contribution in [0, 0.1) is 0 Å². The van der Waals surface area contributed by atoms with Gasteiger partial charge in [-0.1, -0.05) is 12.0 Å². The van der Waals surface area contributed by atoms with Gasteiger partial charge in [-0.25, -0.2) is 0 Å². The van der Waals surface area contributed by atoms with Crippen molar-refractivity contribution in [3.63, 3.8) is 0 Å². The van der Waals surface area contributed by atoms with Crippen molar-refractivity contribution < 1.29 is 9.90 Å². The number of hydrogen-bond acceptors (Lipinski definition) is 1. The van der Waals surface area contributed by atoms with Crippen LogP contribution in [0.15, 0.2) is 12.2 Å². The Balaban J connectivity index is 3.03. The first-order chi connectivity index (χ1) is 5.13. The molecule has 0 aliphatic rings. The summed E-state index contributed by atoms with van der Waals surface area (Å²) in [5.74, 6) is -0.694. The van der Waals surface area contributed by atoms with Gasteiger partial charge in [-0.3, -0.25) is 4.79 Å². The summed E-state index contributed by atoms with van der Waals surface area (Å²) in [6.45, 7) is 5.77. The molecule has 0 radical (unpaired) electrons. The summed E-state index contributed by atoms with van der Waals surface area (Å²) in [5, 5.41) is 8.30. The Bertz CT molecular complexity index is 122. The molecular weight excluding hydrogens is 140 g/mol. The quantitative estimate of drug-likeness (QED) is 0.474. The van der Waals surface area contributed by atoms with Gasteiger partial charge in [-0.05, 0) is 26.2 Å². The summed E-state index contributed by atoms with van der Waals surface area (Å²) >= 11 is 0. The van der Waals surface area contributed by atoms with E-state index in [9.17, 15) is 4.79 Å². The van der Waals surface area contributed by atoms with E-state index in [1.165, 1.54) is 5.57 Å². The summed E-state index contributed by atoms with van der Waals surface area (Å²) in [6, 6.07) is 0. The molecule has 0 aromatic heterocycles. The Morgan fingerprint density at radius 1 is 1.27 bits per heavy atom. The molecule has 1 N–H and O–H groups in total. The van der Waals surface area contributed by atoms with E-state index < -0.39 is 5.97 Å². The molecule has 0 atom stereocenters. The molecule has 0 aliphatic heterocycles. The largest absolute Gasteiger partial charge is 0.481 e. The predicted molar refractivity (Wildman–Crippen MR) is 45.5 cm³/mol. The second-order valence-electron chi connectivity index (χ2n) is 2.91. The van der Waals surface area contributed by atoms with Crippen LogP contribution < -0.4 is 0 Å². The third-order valence-electron chi connectivity index (χ3n) is 1.49. The number of carbonyl (C=O) groups is 1. The number of aliphatic carboxylic acids is 1. The monoisotopic (exact) mass is 156 g/mol. The zero-order valence-corrected chi connectivity index (χ0v) is 7.10. The van der Waals surface area contributed by atoms with Crippen molar-refractivity contribution in [3.05, 3.63) is 12.2 Å². The Kier molecular flexibility index (Phi) is 5.53. The zero-order chi connectivity index (χ0) is 8.69. The molecule has 0 aromatic rings. The highest BCUT2D eigenvalue weighted by Crippen LogP contribution is 2.07. The average Bonchev–Trinajstić information content (AvgIpc) is 1.85. The fourth-order valence-electron chi connectivity index (χ4n) is 0.880. The maximum absolute atomic E-state index is 10.1. The minimum atomic E-state index is -0.694. The van der Waals surface area contributed by atoms with E-state index in [1.807, 2.05) is 6.92 Å². The Labute approximate surface area is 67.9 Å². The summed E-state index contributed by atoms with van der Waals surface area (Å²) in [5.41, 5.74) is 1.18. The lowest BCUT2D eigenvalue weighted by Crippen LogP contribution is -1.93. The van der Waals surface area contributed by atoms with Crippen LogP contribution in [0.4, 0.5) is 0 Å². The second-order valence-corrected chi connectivity index (χ2v) is 2.91. The van der Waals surface area contributed by atoms with Gasteiger partial charge in [0, 0.05) is 6.42 Å². The number of hydrogen-bond donors (Lipinski definition) is 1. The molecule has 0 aromatic carbocycles. The first kappa shape index (κ1) is 10.2. The number of carboxylic acid groups (broad SMARTS) is 1. The van der Waals surface area contributed by atoms with Gasteiger partial charge in [0.05, 0.1) is 0 Å². The fraction of sp³-hybridized carbons (Fsp3) is 0.667. The Morgan fingerprint density at radius 2 is 1.82 bits per heavy atom. The molecule has 0 saturated heterocycles. The van der Waals surface area contributed by atoms with Crippen molar-refractivity contribution >= 4 is 5.97 Å². The lowest BCUT2D eigenvalue weighted by molar-refractivity contribution is -0.137. The highest BCUT2D eigenvalue weighted by molar-refractivity contribution is 5.66. The molecule has 11 heavy (non-hydrogen) atoms. The fourth-order valence-corrected chi connectivity index (χ4v) is 0.880. The van der Waals surface area contributed by atoms with Crippen molar-refractivity contribution in [2.45, 2.75) is 39.0 Å². The van der Waals surface area contributed by atoms with Crippen molar-refractivity contribution in [1.29, 1.82) is 0 Å². The molecule has 0 saturated carbocycles. The van der Waals surface area contributed by atoms with Crippen LogP contribution in [-0.2, 0) is 4.79 Å². The zero-order valence-electron chi connectivity index (χ0n) is 7.10. The molecule has 0 fully saturated rings. The molecule has 0 unspecified atom stereocenters. The van der Waals surface area contributed by atoms with Gasteiger partial charge >= 0.3 is 5.97 Å². The van der Waals surface area contributed by atoms with Crippen molar-refractivity contribution in [2.75, 3.05) is 0 Å². The van der Waals surface area contributed by atoms with Crippen LogP contribution in [-0.4, -0.2) is 11.1 Å². The summed E-state index contributed by atoms with van der Waals surface area (Å²) in [6.07, 6.45) is 4.19. The third kappa shape index (κ3) is 9.21. The van der Waals surface area contributed by atoms with Crippen LogP contribution in [0.2, 0.25) is 0 Å². The average molecular weight is 156 g/mol. The summed E-state index contributed by atoms with van der Waals surface area (Å²) in [4.78, 5) is 10.1. The Hall–Kier alpha value is -0.790. The summed E-state index contributed by atoms with van der Waals surface area (Å²) < 4.78 is 0. The van der Waals surface area contributed by atoms with Gasteiger partial charge < -0.3 is 5.11 Å². The smallest absolute Gasteiger partial charge is 0.303 e. The first-order valence-corrected chi connectivity index (χ1v) is 3.99. The van der Waals surface area contributed by atoms with Gasteiger partial charge in [0.1, 0.15) is 0 Å². The van der Waals surface area contributed by atoms with Crippen molar-refractivity contribution in [2.24, 2.45) is 0 Å². The molecule has 0 bridgehead atoms. The van der Waals surface area contributed by atoms with Gasteiger partial charge in [0.15, 0.2) is 0 Å². The molecule has 2 heteroatoms. The van der Waals surface area contributed by atoms with Crippen LogP contribution in [0.1, 0.15) is 39.0 Å². The van der Waals surface area contributed by atoms with E-state index in [1.54, 1.807) is 0 Å². The first-order valence-electron chi connectivity index (χ1n) is 3.99. The van der Waals surface area contributed by atoms with Gasteiger partial charge in [0.25, 0.3) is 0 Å². The van der Waals surface area contributed by atoms with Crippen LogP contribution in [0.3, 0.4) is 0 Å². The van der Waals surface area contributed by atoms with E-state index in [4.69, 9.17) is 5.11 Å². The minimum absolute atomic E-state index is 0.302. The van der Waals surface area contributed by atoms with E-state index in [2.05, 4.69) is 6.58 Å². The maximum Gasteiger partial charge on any atom is 0.303 e. The van der Waals surface area contributed by atoms with Gasteiger partial charge in [0.2, 0.25) is 0 Å². The number of rotatable bonds is 6. The van der Waals surface area contributed by atoms with E-state index >= 15 is 0 Å². The molecule has 0 spiro atoms. The van der Waals surface area contributed by atoms with Crippen LogP contribution in [0.25, 0.3) is 0 Å². The molecule has 0 aliphatic carbocycles. The van der Waals surface area contributed by atoms with E-state index in [0.717, 1.165) is 25.7 Å². The standard InChI is InChI=1S/C9H16O2/c1-8(2)6-4-3-5-7-9(10)11/h1,3-7H2,2H3,(H,10,11). The minimum Gasteiger partial charge on any atom is -0.481 e. The SMILES string of the molecule is C=C(C)CCCCCC(=O)O. The highest BCUT2D eigenvalue weighted by atomic mass is 16.4. The van der Waals surface area contributed by atoms with Crippen LogP contribution in [0.5, 0.6) is 0 Å². The lowest BCUT2D eigenvalue weighted by atomic mass is 10.1. The molecule has 0 amide bonds. The molecular formula is C9H16O2. The molecule has 2 nitrogen and oxygen atoms in total. The molecule has 0 heterocycles. The third-order valence-corrected chi connectivity index (χ3v) is 1.49. The predicted octanol–water partition coefficient (Wildman–Crippen LogP) is 2.60. The topological polar surface area (TPSA) is 37.3 Å². The lowest BCUT2D eigenvalue weighted by Gasteiger charge is -1.97. The Morgan fingerprint density at radius 3 is 2.27 bits per heavy atom. The van der Waals surface area contributed by atoms with E-state index in [-0.39, 0.29) is 0 Å². The maximum atomic E-state index is 10.1. The number of allylic oxidation sites excluding steroid dienone is 1. The van der Waals surface area contributed by atoms with Crippen LogP contribution >= 0.6 is 0 Å². The van der Waals surface area contributed by atoms with Gasteiger partial charge in [-0.15, -0.1) is 6.58 Å². The molecule has 64 valence electrons. The van der Waals surface area contributed by atoms with Crippen molar-refractivity contribution in [3.8, 4) is 0 Å².